The molecule has 0 atom stereocenters. The minimum absolute atomic E-state index is 0.0157. The second-order valence-corrected chi connectivity index (χ2v) is 6.90. The number of carbonyl (C=O) groups is 1. The summed E-state index contributed by atoms with van der Waals surface area (Å²) in [5, 5.41) is 3.02. The van der Waals surface area contributed by atoms with E-state index in [9.17, 15) is 13.2 Å². The Morgan fingerprint density at radius 3 is 2.75 bits per heavy atom. The van der Waals surface area contributed by atoms with Crippen LogP contribution in [0.2, 0.25) is 0 Å². The lowest BCUT2D eigenvalue weighted by molar-refractivity contribution is -0.116. The molecule has 1 amide bonds. The van der Waals surface area contributed by atoms with Crippen molar-refractivity contribution < 1.29 is 13.2 Å². The first-order valence-electron chi connectivity index (χ1n) is 6.61. The zero-order valence-electron chi connectivity index (χ0n) is 11.2. The predicted octanol–water partition coefficient (Wildman–Crippen LogP) is -0.154. The van der Waals surface area contributed by atoms with Crippen LogP contribution >= 0.6 is 0 Å². The molecule has 0 unspecified atom stereocenters. The second-order valence-electron chi connectivity index (χ2n) is 5.19. The molecule has 108 valence electrons. The normalized spacial score (nSPS) is 18.8. The van der Waals surface area contributed by atoms with Gasteiger partial charge in [0.1, 0.15) is 0 Å². The van der Waals surface area contributed by atoms with Gasteiger partial charge in [-0.25, -0.2) is 13.1 Å². The molecule has 1 aromatic carbocycles. The molecular formula is C13H17N3O3S. The van der Waals surface area contributed by atoms with Crippen molar-refractivity contribution in [3.05, 3.63) is 23.8 Å². The molecule has 0 aliphatic carbocycles. The Morgan fingerprint density at radius 2 is 2.15 bits per heavy atom. The molecule has 1 fully saturated rings. The standard InChI is InChI=1S/C13H17N3O3S/c1-9(17)16-5-4-10-6-12(2-3-13(10)16)20(18,19)15-11-7-14-8-11/h2-3,6,11,14-15H,4-5,7-8H2,1H3. The van der Waals surface area contributed by atoms with E-state index in [-0.39, 0.29) is 16.8 Å². The number of carbonyl (C=O) groups excluding carboxylic acids is 1. The highest BCUT2D eigenvalue weighted by Gasteiger charge is 2.27. The number of sulfonamides is 1. The topological polar surface area (TPSA) is 78.5 Å². The molecule has 1 saturated heterocycles. The molecule has 0 radical (unpaired) electrons. The fraction of sp³-hybridized carbons (Fsp3) is 0.462. The van der Waals surface area contributed by atoms with E-state index in [1.165, 1.54) is 6.92 Å². The van der Waals surface area contributed by atoms with E-state index in [0.29, 0.717) is 26.1 Å². The van der Waals surface area contributed by atoms with Crippen molar-refractivity contribution in [1.29, 1.82) is 0 Å². The summed E-state index contributed by atoms with van der Waals surface area (Å²) in [5.41, 5.74) is 1.73. The van der Waals surface area contributed by atoms with Crippen LogP contribution in [0.15, 0.2) is 23.1 Å². The number of hydrogen-bond acceptors (Lipinski definition) is 4. The molecule has 0 aromatic heterocycles. The summed E-state index contributed by atoms with van der Waals surface area (Å²) < 4.78 is 27.1. The minimum atomic E-state index is -3.47. The molecule has 2 N–H and O–H groups in total. The van der Waals surface area contributed by atoms with Gasteiger partial charge >= 0.3 is 0 Å². The monoisotopic (exact) mass is 295 g/mol. The Bertz CT molecular complexity index is 653. The first kappa shape index (κ1) is 13.5. The maximum absolute atomic E-state index is 12.2. The van der Waals surface area contributed by atoms with Gasteiger partial charge in [-0.1, -0.05) is 0 Å². The summed E-state index contributed by atoms with van der Waals surface area (Å²) in [6, 6.07) is 4.93. The van der Waals surface area contributed by atoms with Gasteiger partial charge in [-0.05, 0) is 30.2 Å². The lowest BCUT2D eigenvalue weighted by atomic mass is 10.2. The fourth-order valence-electron chi connectivity index (χ4n) is 2.53. The van der Waals surface area contributed by atoms with Crippen LogP contribution in [0.5, 0.6) is 0 Å². The third-order valence-corrected chi connectivity index (χ3v) is 5.26. The van der Waals surface area contributed by atoms with Gasteiger partial charge in [-0.2, -0.15) is 0 Å². The molecule has 0 bridgehead atoms. The largest absolute Gasteiger partial charge is 0.313 e. The number of benzene rings is 1. The molecule has 2 aliphatic heterocycles. The van der Waals surface area contributed by atoms with Gasteiger partial charge < -0.3 is 10.2 Å². The van der Waals surface area contributed by atoms with Gasteiger partial charge in [0.05, 0.1) is 4.90 Å². The second kappa shape index (κ2) is 4.83. The SMILES string of the molecule is CC(=O)N1CCc2cc(S(=O)(=O)NC3CNC3)ccc21. The van der Waals surface area contributed by atoms with E-state index >= 15 is 0 Å². The maximum atomic E-state index is 12.2. The zero-order valence-corrected chi connectivity index (χ0v) is 12.0. The van der Waals surface area contributed by atoms with Crippen LogP contribution in [0.3, 0.4) is 0 Å². The molecule has 1 aromatic rings. The van der Waals surface area contributed by atoms with Crippen molar-refractivity contribution in [3.63, 3.8) is 0 Å². The average Bonchev–Trinajstić information content (AvgIpc) is 2.77. The predicted molar refractivity (Wildman–Crippen MR) is 75.2 cm³/mol. The third kappa shape index (κ3) is 2.32. The molecule has 6 nitrogen and oxygen atoms in total. The van der Waals surface area contributed by atoms with Crippen molar-refractivity contribution in [2.75, 3.05) is 24.5 Å². The van der Waals surface area contributed by atoms with Gasteiger partial charge in [-0.15, -0.1) is 0 Å². The van der Waals surface area contributed by atoms with Crippen LogP contribution in [0.4, 0.5) is 5.69 Å². The quantitative estimate of drug-likeness (QED) is 0.812. The van der Waals surface area contributed by atoms with Crippen LogP contribution in [-0.2, 0) is 21.2 Å². The molecule has 20 heavy (non-hydrogen) atoms. The van der Waals surface area contributed by atoms with Crippen LogP contribution in [0.1, 0.15) is 12.5 Å². The number of anilines is 1. The number of amides is 1. The van der Waals surface area contributed by atoms with E-state index in [0.717, 1.165) is 11.3 Å². The van der Waals surface area contributed by atoms with Gasteiger partial charge in [0.2, 0.25) is 15.9 Å². The Labute approximate surface area is 118 Å². The van der Waals surface area contributed by atoms with E-state index in [1.54, 1.807) is 23.1 Å². The van der Waals surface area contributed by atoms with Gasteiger partial charge in [0.15, 0.2) is 0 Å². The van der Waals surface area contributed by atoms with Gasteiger partial charge in [0.25, 0.3) is 0 Å². The number of rotatable bonds is 3. The molecule has 2 aliphatic rings. The van der Waals surface area contributed by atoms with E-state index in [4.69, 9.17) is 0 Å². The van der Waals surface area contributed by atoms with Crippen LogP contribution in [0.25, 0.3) is 0 Å². The Morgan fingerprint density at radius 1 is 1.40 bits per heavy atom. The highest BCUT2D eigenvalue weighted by atomic mass is 32.2. The maximum Gasteiger partial charge on any atom is 0.240 e. The molecule has 7 heteroatoms. The van der Waals surface area contributed by atoms with Gasteiger partial charge in [0, 0.05) is 38.3 Å². The summed E-state index contributed by atoms with van der Waals surface area (Å²) in [6.07, 6.45) is 0.698. The summed E-state index contributed by atoms with van der Waals surface area (Å²) in [4.78, 5) is 13.4. The highest BCUT2D eigenvalue weighted by Crippen LogP contribution is 2.30. The first-order valence-corrected chi connectivity index (χ1v) is 8.10. The van der Waals surface area contributed by atoms with Crippen LogP contribution < -0.4 is 14.9 Å². The van der Waals surface area contributed by atoms with Crippen LogP contribution in [-0.4, -0.2) is 40.0 Å². The van der Waals surface area contributed by atoms with E-state index < -0.39 is 10.0 Å². The summed E-state index contributed by atoms with van der Waals surface area (Å²) >= 11 is 0. The lowest BCUT2D eigenvalue weighted by Crippen LogP contribution is -2.56. The molecule has 0 saturated carbocycles. The van der Waals surface area contributed by atoms with Gasteiger partial charge in [-0.3, -0.25) is 4.79 Å². The molecular weight excluding hydrogens is 278 g/mol. The van der Waals surface area contributed by atoms with Crippen molar-refractivity contribution in [2.24, 2.45) is 0 Å². The number of nitrogens with one attached hydrogen (secondary N) is 2. The van der Waals surface area contributed by atoms with E-state index in [2.05, 4.69) is 10.0 Å². The molecule has 0 spiro atoms. The smallest absolute Gasteiger partial charge is 0.240 e. The van der Waals surface area contributed by atoms with Crippen LogP contribution in [0, 0.1) is 0 Å². The van der Waals surface area contributed by atoms with Crippen molar-refractivity contribution in [2.45, 2.75) is 24.3 Å². The van der Waals surface area contributed by atoms with E-state index in [1.807, 2.05) is 0 Å². The molecule has 3 rings (SSSR count). The fourth-order valence-corrected chi connectivity index (χ4v) is 3.82. The highest BCUT2D eigenvalue weighted by molar-refractivity contribution is 7.89. The lowest BCUT2D eigenvalue weighted by Gasteiger charge is -2.27. The zero-order chi connectivity index (χ0) is 14.3. The third-order valence-electron chi connectivity index (χ3n) is 3.74. The van der Waals surface area contributed by atoms with Crippen molar-refractivity contribution >= 4 is 21.6 Å². The summed E-state index contributed by atoms with van der Waals surface area (Å²) in [5.74, 6) is -0.0157. The number of nitrogens with zero attached hydrogens (tertiary/aromatic N) is 1. The Kier molecular flexibility index (Phi) is 3.27. The number of hydrogen-bond donors (Lipinski definition) is 2. The van der Waals surface area contributed by atoms with Crippen molar-refractivity contribution in [1.82, 2.24) is 10.0 Å². The number of fused-ring (bicyclic) bond motifs is 1. The average molecular weight is 295 g/mol. The summed E-state index contributed by atoms with van der Waals surface area (Å²) in [6.45, 7) is 3.48. The Balaban J connectivity index is 1.87. The Hall–Kier alpha value is -1.44. The first-order chi connectivity index (χ1) is 9.47. The molecule has 2 heterocycles. The minimum Gasteiger partial charge on any atom is -0.313 e. The van der Waals surface area contributed by atoms with Crippen molar-refractivity contribution in [3.8, 4) is 0 Å². The summed E-state index contributed by atoms with van der Waals surface area (Å²) in [7, 11) is -3.47.